The van der Waals surface area contributed by atoms with E-state index in [0.29, 0.717) is 0 Å². The van der Waals surface area contributed by atoms with Gasteiger partial charge in [-0.25, -0.2) is 0 Å². The number of rotatable bonds is 21. The molecule has 0 aliphatic heterocycles. The van der Waals surface area contributed by atoms with Crippen molar-refractivity contribution in [2.45, 2.75) is 156 Å². The standard InChI is InChI=1S/C26H54/c1-5-9-11-13-15-17-19-21-23-26(25(7-3)8-4)24-22-20-18-16-14-12-10-6-2/h25-26H,5-24H2,1-4H3. The minimum absolute atomic E-state index is 0.990. The lowest BCUT2D eigenvalue weighted by atomic mass is 9.80. The molecule has 0 spiro atoms. The number of hydrogen-bond donors (Lipinski definition) is 0. The minimum Gasteiger partial charge on any atom is -0.0654 e. The highest BCUT2D eigenvalue weighted by Gasteiger charge is 2.17. The number of hydrogen-bond acceptors (Lipinski definition) is 0. The van der Waals surface area contributed by atoms with Crippen molar-refractivity contribution in [3.63, 3.8) is 0 Å². The average molecular weight is 367 g/mol. The highest BCUT2D eigenvalue weighted by atomic mass is 14.2. The molecule has 0 saturated heterocycles. The lowest BCUT2D eigenvalue weighted by molar-refractivity contribution is 0.262. The van der Waals surface area contributed by atoms with Gasteiger partial charge in [-0.3, -0.25) is 0 Å². The predicted octanol–water partition coefficient (Wildman–Crippen LogP) is 10.1. The minimum atomic E-state index is 0.990. The van der Waals surface area contributed by atoms with E-state index in [1.54, 1.807) is 0 Å². The molecule has 0 fully saturated rings. The van der Waals surface area contributed by atoms with Crippen LogP contribution in [0.1, 0.15) is 156 Å². The van der Waals surface area contributed by atoms with Crippen LogP contribution in [-0.2, 0) is 0 Å². The summed E-state index contributed by atoms with van der Waals surface area (Å²) in [6.07, 6.45) is 29.2. The largest absolute Gasteiger partial charge is 0.0654 e. The van der Waals surface area contributed by atoms with Gasteiger partial charge in [-0.1, -0.05) is 156 Å². The summed E-state index contributed by atoms with van der Waals surface area (Å²) >= 11 is 0. The van der Waals surface area contributed by atoms with E-state index in [-0.39, 0.29) is 0 Å². The maximum absolute atomic E-state index is 2.42. The van der Waals surface area contributed by atoms with Gasteiger partial charge in [0.15, 0.2) is 0 Å². The van der Waals surface area contributed by atoms with Crippen LogP contribution in [0.5, 0.6) is 0 Å². The third kappa shape index (κ3) is 16.2. The van der Waals surface area contributed by atoms with Crippen LogP contribution in [0.25, 0.3) is 0 Å². The summed E-state index contributed by atoms with van der Waals surface area (Å²) in [5, 5.41) is 0. The van der Waals surface area contributed by atoms with Crippen LogP contribution >= 0.6 is 0 Å². The van der Waals surface area contributed by atoms with Crippen molar-refractivity contribution in [3.8, 4) is 0 Å². The second-order valence-corrected chi connectivity index (χ2v) is 8.86. The Hall–Kier alpha value is 0. The molecule has 0 aliphatic carbocycles. The molecule has 0 aromatic rings. The Bertz CT molecular complexity index is 220. The first kappa shape index (κ1) is 26.0. The van der Waals surface area contributed by atoms with Gasteiger partial charge >= 0.3 is 0 Å². The first-order chi connectivity index (χ1) is 12.8. The Kier molecular flexibility index (Phi) is 21.3. The molecule has 0 aromatic heterocycles. The summed E-state index contributed by atoms with van der Waals surface area (Å²) < 4.78 is 0. The second kappa shape index (κ2) is 21.3. The van der Waals surface area contributed by atoms with Gasteiger partial charge in [-0.05, 0) is 11.8 Å². The molecular formula is C26H54. The van der Waals surface area contributed by atoms with Crippen LogP contribution in [0.2, 0.25) is 0 Å². The highest BCUT2D eigenvalue weighted by molar-refractivity contribution is 4.69. The van der Waals surface area contributed by atoms with E-state index >= 15 is 0 Å². The Morgan fingerprint density at radius 1 is 0.346 bits per heavy atom. The van der Waals surface area contributed by atoms with Gasteiger partial charge in [-0.2, -0.15) is 0 Å². The summed E-state index contributed by atoms with van der Waals surface area (Å²) in [4.78, 5) is 0. The van der Waals surface area contributed by atoms with E-state index < -0.39 is 0 Å². The Morgan fingerprint density at radius 2 is 0.654 bits per heavy atom. The fraction of sp³-hybridized carbons (Fsp3) is 1.00. The molecule has 0 rings (SSSR count). The zero-order valence-corrected chi connectivity index (χ0v) is 19.3. The summed E-state index contributed by atoms with van der Waals surface area (Å²) in [6.45, 7) is 9.46. The SMILES string of the molecule is CCCCCCCCCCC(CCCCCCCCCC)C(CC)CC. The van der Waals surface area contributed by atoms with Crippen molar-refractivity contribution in [2.24, 2.45) is 11.8 Å². The van der Waals surface area contributed by atoms with Crippen LogP contribution in [0.3, 0.4) is 0 Å². The molecule has 158 valence electrons. The third-order valence-electron chi connectivity index (χ3n) is 6.57. The quantitative estimate of drug-likeness (QED) is 0.177. The van der Waals surface area contributed by atoms with E-state index in [9.17, 15) is 0 Å². The van der Waals surface area contributed by atoms with Gasteiger partial charge in [0.25, 0.3) is 0 Å². The van der Waals surface area contributed by atoms with Crippen molar-refractivity contribution in [1.82, 2.24) is 0 Å². The van der Waals surface area contributed by atoms with Crippen LogP contribution in [0.4, 0.5) is 0 Å². The van der Waals surface area contributed by atoms with Crippen LogP contribution in [0.15, 0.2) is 0 Å². The Balaban J connectivity index is 3.78. The molecule has 0 heterocycles. The Morgan fingerprint density at radius 3 is 0.962 bits per heavy atom. The van der Waals surface area contributed by atoms with Crippen molar-refractivity contribution in [1.29, 1.82) is 0 Å². The maximum atomic E-state index is 2.42. The third-order valence-corrected chi connectivity index (χ3v) is 6.57. The van der Waals surface area contributed by atoms with Gasteiger partial charge in [0.1, 0.15) is 0 Å². The summed E-state index contributed by atoms with van der Waals surface area (Å²) in [5.41, 5.74) is 0. The van der Waals surface area contributed by atoms with Crippen molar-refractivity contribution in [3.05, 3.63) is 0 Å². The van der Waals surface area contributed by atoms with Gasteiger partial charge < -0.3 is 0 Å². The van der Waals surface area contributed by atoms with E-state index in [4.69, 9.17) is 0 Å². The first-order valence-corrected chi connectivity index (χ1v) is 12.8. The summed E-state index contributed by atoms with van der Waals surface area (Å²) in [5.74, 6) is 2.01. The smallest absolute Gasteiger partial charge is 0.0386 e. The van der Waals surface area contributed by atoms with E-state index in [0.717, 1.165) is 11.8 Å². The van der Waals surface area contributed by atoms with Crippen LogP contribution in [-0.4, -0.2) is 0 Å². The molecule has 0 atom stereocenters. The number of unbranched alkanes of at least 4 members (excludes halogenated alkanes) is 14. The molecule has 0 heteroatoms. The monoisotopic (exact) mass is 366 g/mol. The molecule has 0 unspecified atom stereocenters. The van der Waals surface area contributed by atoms with Crippen molar-refractivity contribution in [2.75, 3.05) is 0 Å². The predicted molar refractivity (Wildman–Crippen MR) is 122 cm³/mol. The van der Waals surface area contributed by atoms with Gasteiger partial charge in [0.05, 0.1) is 0 Å². The molecule has 0 bridgehead atoms. The first-order valence-electron chi connectivity index (χ1n) is 12.8. The zero-order chi connectivity index (χ0) is 19.3. The average Bonchev–Trinajstić information content (AvgIpc) is 2.66. The van der Waals surface area contributed by atoms with Gasteiger partial charge in [0.2, 0.25) is 0 Å². The Labute approximate surface area is 168 Å². The molecule has 0 aromatic carbocycles. The molecular weight excluding hydrogens is 312 g/mol. The highest BCUT2D eigenvalue weighted by Crippen LogP contribution is 2.30. The van der Waals surface area contributed by atoms with Gasteiger partial charge in [-0.15, -0.1) is 0 Å². The lowest BCUT2D eigenvalue weighted by Crippen LogP contribution is -2.14. The summed E-state index contributed by atoms with van der Waals surface area (Å²) in [6, 6.07) is 0. The van der Waals surface area contributed by atoms with E-state index in [2.05, 4.69) is 27.7 Å². The van der Waals surface area contributed by atoms with E-state index in [1.807, 2.05) is 0 Å². The zero-order valence-electron chi connectivity index (χ0n) is 19.3. The second-order valence-electron chi connectivity index (χ2n) is 8.86. The fourth-order valence-electron chi connectivity index (χ4n) is 4.65. The summed E-state index contributed by atoms with van der Waals surface area (Å²) in [7, 11) is 0. The maximum Gasteiger partial charge on any atom is -0.0386 e. The van der Waals surface area contributed by atoms with Gasteiger partial charge in [0, 0.05) is 0 Å². The van der Waals surface area contributed by atoms with Crippen molar-refractivity contribution < 1.29 is 0 Å². The molecule has 0 nitrogen and oxygen atoms in total. The normalized spacial score (nSPS) is 11.8. The van der Waals surface area contributed by atoms with Crippen molar-refractivity contribution >= 4 is 0 Å². The molecule has 0 N–H and O–H groups in total. The molecule has 0 aliphatic rings. The topological polar surface area (TPSA) is 0 Å². The fourth-order valence-corrected chi connectivity index (χ4v) is 4.65. The van der Waals surface area contributed by atoms with E-state index in [1.165, 1.54) is 128 Å². The van der Waals surface area contributed by atoms with Crippen LogP contribution < -0.4 is 0 Å². The molecule has 26 heavy (non-hydrogen) atoms. The van der Waals surface area contributed by atoms with Crippen LogP contribution in [0, 0.1) is 11.8 Å². The molecule has 0 radical (unpaired) electrons. The molecule has 0 amide bonds. The lowest BCUT2D eigenvalue weighted by Gasteiger charge is -2.25. The molecule has 0 saturated carbocycles.